The first-order valence-electron chi connectivity index (χ1n) is 4.61. The summed E-state index contributed by atoms with van der Waals surface area (Å²) in [4.78, 5) is 15.5. The van der Waals surface area contributed by atoms with Gasteiger partial charge in [0.05, 0.1) is 6.54 Å². The van der Waals surface area contributed by atoms with Crippen LogP contribution in [0.3, 0.4) is 0 Å². The van der Waals surface area contributed by atoms with Crippen LogP contribution < -0.4 is 10.6 Å². The van der Waals surface area contributed by atoms with Crippen molar-refractivity contribution >= 4 is 17.4 Å². The molecule has 0 fully saturated rings. The monoisotopic (exact) mass is 207 g/mol. The molecule has 2 N–H and O–H groups in total. The summed E-state index contributed by atoms with van der Waals surface area (Å²) < 4.78 is 12.6. The van der Waals surface area contributed by atoms with E-state index in [1.54, 1.807) is 0 Å². The largest absolute Gasteiger partial charge is 0.364 e. The SMILES string of the molecule is O=C(Nc1ccc(F)cc1)C1=NCCN1. The molecule has 15 heavy (non-hydrogen) atoms. The van der Waals surface area contributed by atoms with Gasteiger partial charge in [0, 0.05) is 12.2 Å². The van der Waals surface area contributed by atoms with Crippen molar-refractivity contribution in [1.29, 1.82) is 0 Å². The van der Waals surface area contributed by atoms with Crippen LogP contribution in [-0.4, -0.2) is 24.8 Å². The second-order valence-electron chi connectivity index (χ2n) is 3.12. The van der Waals surface area contributed by atoms with Gasteiger partial charge in [-0.15, -0.1) is 0 Å². The zero-order chi connectivity index (χ0) is 10.7. The van der Waals surface area contributed by atoms with Crippen LogP contribution in [0.2, 0.25) is 0 Å². The molecule has 1 aliphatic heterocycles. The molecule has 78 valence electrons. The summed E-state index contributed by atoms with van der Waals surface area (Å²) in [5.41, 5.74) is 0.554. The van der Waals surface area contributed by atoms with Gasteiger partial charge in [0.25, 0.3) is 5.91 Å². The molecule has 1 aromatic rings. The molecule has 0 aliphatic carbocycles. The number of hydrogen-bond acceptors (Lipinski definition) is 3. The highest BCUT2D eigenvalue weighted by atomic mass is 19.1. The Hall–Kier alpha value is -1.91. The van der Waals surface area contributed by atoms with Crippen molar-refractivity contribution in [3.63, 3.8) is 0 Å². The lowest BCUT2D eigenvalue weighted by Crippen LogP contribution is -2.32. The number of hydrogen-bond donors (Lipinski definition) is 2. The second-order valence-corrected chi connectivity index (χ2v) is 3.12. The van der Waals surface area contributed by atoms with Gasteiger partial charge in [-0.1, -0.05) is 0 Å². The van der Waals surface area contributed by atoms with Crippen LogP contribution in [0.1, 0.15) is 0 Å². The van der Waals surface area contributed by atoms with Crippen LogP contribution in [0.5, 0.6) is 0 Å². The average molecular weight is 207 g/mol. The minimum absolute atomic E-state index is 0.292. The number of carbonyl (C=O) groups excluding carboxylic acids is 1. The van der Waals surface area contributed by atoms with Gasteiger partial charge >= 0.3 is 0 Å². The van der Waals surface area contributed by atoms with Crippen molar-refractivity contribution in [3.8, 4) is 0 Å². The standard InChI is InChI=1S/C10H10FN3O/c11-7-1-3-8(4-2-7)14-10(15)9-12-5-6-13-9/h1-4H,5-6H2,(H,12,13)(H,14,15). The predicted octanol–water partition coefficient (Wildman–Crippen LogP) is 0.766. The van der Waals surface area contributed by atoms with E-state index in [1.165, 1.54) is 24.3 Å². The lowest BCUT2D eigenvalue weighted by molar-refractivity contribution is -0.110. The van der Waals surface area contributed by atoms with E-state index < -0.39 is 0 Å². The van der Waals surface area contributed by atoms with Gasteiger partial charge < -0.3 is 10.6 Å². The number of anilines is 1. The lowest BCUT2D eigenvalue weighted by atomic mass is 10.3. The van der Waals surface area contributed by atoms with Crippen LogP contribution in [0, 0.1) is 5.82 Å². The minimum atomic E-state index is -0.329. The molecule has 1 aromatic carbocycles. The maximum absolute atomic E-state index is 12.6. The summed E-state index contributed by atoms with van der Waals surface area (Å²) in [6, 6.07) is 5.59. The Labute approximate surface area is 86.2 Å². The quantitative estimate of drug-likeness (QED) is 0.752. The Morgan fingerprint density at radius 3 is 2.73 bits per heavy atom. The van der Waals surface area contributed by atoms with Gasteiger partial charge in [0.2, 0.25) is 0 Å². The van der Waals surface area contributed by atoms with E-state index in [0.29, 0.717) is 24.6 Å². The minimum Gasteiger partial charge on any atom is -0.364 e. The van der Waals surface area contributed by atoms with Gasteiger partial charge in [-0.05, 0) is 24.3 Å². The molecule has 2 rings (SSSR count). The summed E-state index contributed by atoms with van der Waals surface area (Å²) >= 11 is 0. The van der Waals surface area contributed by atoms with Gasteiger partial charge in [-0.2, -0.15) is 0 Å². The summed E-state index contributed by atoms with van der Waals surface area (Å²) in [5.74, 6) is -0.289. The number of nitrogens with zero attached hydrogens (tertiary/aromatic N) is 1. The first-order chi connectivity index (χ1) is 7.25. The summed E-state index contributed by atoms with van der Waals surface area (Å²) in [7, 11) is 0. The van der Waals surface area contributed by atoms with Gasteiger partial charge in [-0.25, -0.2) is 4.39 Å². The number of amidine groups is 1. The third-order valence-electron chi connectivity index (χ3n) is 1.99. The number of carbonyl (C=O) groups is 1. The summed E-state index contributed by atoms with van der Waals surface area (Å²) in [6.45, 7) is 1.30. The molecular formula is C10H10FN3O. The Kier molecular flexibility index (Phi) is 2.62. The molecule has 0 aromatic heterocycles. The van der Waals surface area contributed by atoms with Crippen LogP contribution in [0.25, 0.3) is 0 Å². The number of nitrogens with one attached hydrogen (secondary N) is 2. The molecule has 0 saturated carbocycles. The van der Waals surface area contributed by atoms with E-state index in [2.05, 4.69) is 15.6 Å². The molecule has 1 aliphatic rings. The molecule has 1 heterocycles. The molecule has 0 spiro atoms. The molecule has 0 unspecified atom stereocenters. The van der Waals surface area contributed by atoms with Crippen molar-refractivity contribution in [1.82, 2.24) is 5.32 Å². The molecular weight excluding hydrogens is 197 g/mol. The van der Waals surface area contributed by atoms with Crippen molar-refractivity contribution in [3.05, 3.63) is 30.1 Å². The molecule has 0 atom stereocenters. The maximum atomic E-state index is 12.6. The van der Waals surface area contributed by atoms with Gasteiger partial charge in [0.1, 0.15) is 5.82 Å². The summed E-state index contributed by atoms with van der Waals surface area (Å²) in [6.07, 6.45) is 0. The highest BCUT2D eigenvalue weighted by Crippen LogP contribution is 2.08. The smallest absolute Gasteiger partial charge is 0.290 e. The number of rotatable bonds is 2. The third-order valence-corrected chi connectivity index (χ3v) is 1.99. The van der Waals surface area contributed by atoms with Crippen molar-refractivity contribution in [2.75, 3.05) is 18.4 Å². The van der Waals surface area contributed by atoms with Gasteiger partial charge in [0.15, 0.2) is 5.84 Å². The predicted molar refractivity (Wildman–Crippen MR) is 55.3 cm³/mol. The van der Waals surface area contributed by atoms with Crippen molar-refractivity contribution in [2.24, 2.45) is 4.99 Å². The first-order valence-corrected chi connectivity index (χ1v) is 4.61. The topological polar surface area (TPSA) is 53.5 Å². The first kappa shape index (κ1) is 9.64. The Morgan fingerprint density at radius 1 is 1.40 bits per heavy atom. The molecule has 0 saturated heterocycles. The number of benzene rings is 1. The van der Waals surface area contributed by atoms with Crippen molar-refractivity contribution < 1.29 is 9.18 Å². The van der Waals surface area contributed by atoms with E-state index in [0.717, 1.165) is 0 Å². The second kappa shape index (κ2) is 4.08. The van der Waals surface area contributed by atoms with E-state index in [4.69, 9.17) is 0 Å². The van der Waals surface area contributed by atoms with Crippen LogP contribution >= 0.6 is 0 Å². The van der Waals surface area contributed by atoms with E-state index in [-0.39, 0.29) is 11.7 Å². The van der Waals surface area contributed by atoms with E-state index in [9.17, 15) is 9.18 Å². The normalized spacial score (nSPS) is 14.3. The van der Waals surface area contributed by atoms with Crippen LogP contribution in [-0.2, 0) is 4.79 Å². The fraction of sp³-hybridized carbons (Fsp3) is 0.200. The Balaban J connectivity index is 2.02. The van der Waals surface area contributed by atoms with Crippen LogP contribution in [0.15, 0.2) is 29.3 Å². The summed E-state index contributed by atoms with van der Waals surface area (Å²) in [5, 5.41) is 5.46. The zero-order valence-corrected chi connectivity index (χ0v) is 7.96. The highest BCUT2D eigenvalue weighted by molar-refractivity contribution is 6.42. The molecule has 4 nitrogen and oxygen atoms in total. The third kappa shape index (κ3) is 2.31. The molecule has 0 bridgehead atoms. The van der Waals surface area contributed by atoms with Crippen molar-refractivity contribution in [2.45, 2.75) is 0 Å². The average Bonchev–Trinajstić information content (AvgIpc) is 2.74. The molecule has 1 amide bonds. The molecule has 5 heteroatoms. The van der Waals surface area contributed by atoms with Gasteiger partial charge in [-0.3, -0.25) is 9.79 Å². The zero-order valence-electron chi connectivity index (χ0n) is 7.96. The van der Waals surface area contributed by atoms with Crippen LogP contribution in [0.4, 0.5) is 10.1 Å². The fourth-order valence-electron chi connectivity index (χ4n) is 1.27. The Bertz CT molecular complexity index is 400. The number of halogens is 1. The molecule has 0 radical (unpaired) electrons. The Morgan fingerprint density at radius 2 is 2.13 bits per heavy atom. The van der Waals surface area contributed by atoms with E-state index >= 15 is 0 Å². The fourth-order valence-corrected chi connectivity index (χ4v) is 1.27. The maximum Gasteiger partial charge on any atom is 0.290 e. The van der Waals surface area contributed by atoms with E-state index in [1.807, 2.05) is 0 Å². The number of amides is 1. The lowest BCUT2D eigenvalue weighted by Gasteiger charge is -2.04. The number of aliphatic imine (C=N–C) groups is 1. The highest BCUT2D eigenvalue weighted by Gasteiger charge is 2.14.